The second-order valence-electron chi connectivity index (χ2n) is 5.29. The molecule has 1 atom stereocenters. The van der Waals surface area contributed by atoms with Crippen LogP contribution in [0, 0.1) is 17.0 Å². The minimum atomic E-state index is -1.17. The quantitative estimate of drug-likeness (QED) is 0.494. The van der Waals surface area contributed by atoms with Crippen LogP contribution in [0.15, 0.2) is 18.2 Å². The summed E-state index contributed by atoms with van der Waals surface area (Å²) in [6.45, 7) is 5.04. The Bertz CT molecular complexity index is 600. The molecule has 0 saturated carbocycles. The fourth-order valence-electron chi connectivity index (χ4n) is 2.21. The average Bonchev–Trinajstić information content (AvgIpc) is 2.46. The molecular weight excluding hydrogens is 288 g/mol. The summed E-state index contributed by atoms with van der Waals surface area (Å²) in [6.07, 6.45) is 1.07. The Kier molecular flexibility index (Phi) is 5.62. The van der Waals surface area contributed by atoms with Gasteiger partial charge in [-0.15, -0.1) is 0 Å². The molecule has 120 valence electrons. The number of amides is 1. The van der Waals surface area contributed by atoms with E-state index in [4.69, 9.17) is 4.74 Å². The number of aryl methyl sites for hydroxylation is 1. The van der Waals surface area contributed by atoms with E-state index in [1.54, 1.807) is 13.8 Å². The molecule has 0 spiro atoms. The van der Waals surface area contributed by atoms with Gasteiger partial charge in [-0.05, 0) is 26.3 Å². The van der Waals surface area contributed by atoms with Crippen LogP contribution in [0.4, 0.5) is 5.69 Å². The highest BCUT2D eigenvalue weighted by Crippen LogP contribution is 2.21. The standard InChI is InChI=1S/C15H20N2O5/c1-5-8-15(3,14(19)22-4)16-13(18)11-7-6-10(2)12(9-11)17(20)21/h6-7,9H,5,8H2,1-4H3,(H,16,18). The molecule has 0 saturated heterocycles. The van der Waals surface area contributed by atoms with Crippen LogP contribution in [0.2, 0.25) is 0 Å². The minimum absolute atomic E-state index is 0.128. The Balaban J connectivity index is 3.08. The van der Waals surface area contributed by atoms with E-state index >= 15 is 0 Å². The molecule has 1 aromatic carbocycles. The Morgan fingerprint density at radius 2 is 2.05 bits per heavy atom. The molecule has 1 unspecified atom stereocenters. The molecule has 22 heavy (non-hydrogen) atoms. The zero-order valence-corrected chi connectivity index (χ0v) is 13.1. The molecule has 0 radical (unpaired) electrons. The monoisotopic (exact) mass is 308 g/mol. The first-order valence-electron chi connectivity index (χ1n) is 6.91. The smallest absolute Gasteiger partial charge is 0.331 e. The van der Waals surface area contributed by atoms with Gasteiger partial charge in [-0.3, -0.25) is 14.9 Å². The minimum Gasteiger partial charge on any atom is -0.467 e. The van der Waals surface area contributed by atoms with Crippen LogP contribution in [0.25, 0.3) is 0 Å². The molecule has 0 aromatic heterocycles. The lowest BCUT2D eigenvalue weighted by Gasteiger charge is -2.27. The molecule has 0 aliphatic carbocycles. The maximum absolute atomic E-state index is 12.3. The molecule has 1 aromatic rings. The Labute approximate surface area is 128 Å². The maximum Gasteiger partial charge on any atom is 0.331 e. The molecule has 1 amide bonds. The summed E-state index contributed by atoms with van der Waals surface area (Å²) in [5, 5.41) is 13.5. The summed E-state index contributed by atoms with van der Waals surface area (Å²) >= 11 is 0. The van der Waals surface area contributed by atoms with E-state index in [-0.39, 0.29) is 11.3 Å². The number of hydrogen-bond acceptors (Lipinski definition) is 5. The van der Waals surface area contributed by atoms with E-state index in [1.165, 1.54) is 25.3 Å². The SMILES string of the molecule is CCCC(C)(NC(=O)c1ccc(C)c([N+](=O)[O-])c1)C(=O)OC. The number of carbonyl (C=O) groups excluding carboxylic acids is 2. The van der Waals surface area contributed by atoms with E-state index < -0.39 is 22.3 Å². The lowest BCUT2D eigenvalue weighted by Crippen LogP contribution is -2.52. The van der Waals surface area contributed by atoms with Crippen LogP contribution in [0.3, 0.4) is 0 Å². The zero-order valence-electron chi connectivity index (χ0n) is 13.1. The normalized spacial score (nSPS) is 13.1. The number of methoxy groups -OCH3 is 1. The van der Waals surface area contributed by atoms with Gasteiger partial charge in [0.15, 0.2) is 0 Å². The average molecular weight is 308 g/mol. The first-order chi connectivity index (χ1) is 10.2. The largest absolute Gasteiger partial charge is 0.467 e. The lowest BCUT2D eigenvalue weighted by molar-refractivity contribution is -0.385. The van der Waals surface area contributed by atoms with Crippen molar-refractivity contribution in [2.45, 2.75) is 39.2 Å². The summed E-state index contributed by atoms with van der Waals surface area (Å²) in [5.41, 5.74) is -0.711. The zero-order chi connectivity index (χ0) is 16.9. The van der Waals surface area contributed by atoms with Crippen LogP contribution in [-0.2, 0) is 9.53 Å². The van der Waals surface area contributed by atoms with Gasteiger partial charge in [-0.2, -0.15) is 0 Å². The van der Waals surface area contributed by atoms with Crippen molar-refractivity contribution in [3.8, 4) is 0 Å². The predicted molar refractivity (Wildman–Crippen MR) is 80.6 cm³/mol. The van der Waals surface area contributed by atoms with Gasteiger partial charge in [0.2, 0.25) is 0 Å². The first-order valence-corrected chi connectivity index (χ1v) is 6.91. The van der Waals surface area contributed by atoms with Crippen LogP contribution in [0.1, 0.15) is 42.6 Å². The number of nitro benzene ring substituents is 1. The fourth-order valence-corrected chi connectivity index (χ4v) is 2.21. The molecule has 0 bridgehead atoms. The van der Waals surface area contributed by atoms with E-state index in [2.05, 4.69) is 5.32 Å². The predicted octanol–water partition coefficient (Wildman–Crippen LogP) is 2.36. The molecule has 0 aliphatic heterocycles. The topological polar surface area (TPSA) is 98.5 Å². The molecule has 0 aliphatic rings. The maximum atomic E-state index is 12.3. The Morgan fingerprint density at radius 3 is 2.55 bits per heavy atom. The number of hydrogen-bond donors (Lipinski definition) is 1. The van der Waals surface area contributed by atoms with E-state index in [1.807, 2.05) is 6.92 Å². The fraction of sp³-hybridized carbons (Fsp3) is 0.467. The van der Waals surface area contributed by atoms with Gasteiger partial charge in [-0.1, -0.05) is 19.4 Å². The molecule has 0 fully saturated rings. The van der Waals surface area contributed by atoms with Gasteiger partial charge in [-0.25, -0.2) is 4.79 Å². The highest BCUT2D eigenvalue weighted by molar-refractivity contribution is 5.98. The van der Waals surface area contributed by atoms with Crippen molar-refractivity contribution in [1.29, 1.82) is 0 Å². The van der Waals surface area contributed by atoms with Crippen LogP contribution in [-0.4, -0.2) is 29.4 Å². The summed E-state index contributed by atoms with van der Waals surface area (Å²) < 4.78 is 4.72. The highest BCUT2D eigenvalue weighted by atomic mass is 16.6. The number of nitro groups is 1. The van der Waals surface area contributed by atoms with Gasteiger partial charge >= 0.3 is 5.97 Å². The molecule has 0 heterocycles. The van der Waals surface area contributed by atoms with Crippen molar-refractivity contribution >= 4 is 17.6 Å². The number of rotatable bonds is 6. The van der Waals surface area contributed by atoms with Crippen LogP contribution < -0.4 is 5.32 Å². The number of ether oxygens (including phenoxy) is 1. The summed E-state index contributed by atoms with van der Waals surface area (Å²) in [4.78, 5) is 34.6. The Morgan fingerprint density at radius 1 is 1.41 bits per heavy atom. The number of esters is 1. The number of nitrogens with one attached hydrogen (secondary N) is 1. The van der Waals surface area contributed by atoms with Crippen molar-refractivity contribution in [1.82, 2.24) is 5.32 Å². The van der Waals surface area contributed by atoms with Gasteiger partial charge in [0.05, 0.1) is 12.0 Å². The Hall–Kier alpha value is -2.44. The summed E-state index contributed by atoms with van der Waals surface area (Å²) in [6, 6.07) is 4.19. The lowest BCUT2D eigenvalue weighted by atomic mass is 9.95. The number of carbonyl (C=O) groups is 2. The van der Waals surface area contributed by atoms with Crippen molar-refractivity contribution < 1.29 is 19.2 Å². The van der Waals surface area contributed by atoms with E-state index in [9.17, 15) is 19.7 Å². The third-order valence-electron chi connectivity index (χ3n) is 3.44. The molecule has 1 rings (SSSR count). The number of nitrogens with zero attached hydrogens (tertiary/aromatic N) is 1. The van der Waals surface area contributed by atoms with Crippen LogP contribution >= 0.6 is 0 Å². The van der Waals surface area contributed by atoms with E-state index in [0.29, 0.717) is 18.4 Å². The number of benzene rings is 1. The van der Waals surface area contributed by atoms with Gasteiger partial charge < -0.3 is 10.1 Å². The van der Waals surface area contributed by atoms with Crippen molar-refractivity contribution in [3.63, 3.8) is 0 Å². The van der Waals surface area contributed by atoms with Crippen molar-refractivity contribution in [3.05, 3.63) is 39.4 Å². The second kappa shape index (κ2) is 7.02. The van der Waals surface area contributed by atoms with Gasteiger partial charge in [0.25, 0.3) is 11.6 Å². The second-order valence-corrected chi connectivity index (χ2v) is 5.29. The summed E-state index contributed by atoms with van der Waals surface area (Å²) in [7, 11) is 1.25. The first kappa shape index (κ1) is 17.6. The summed E-state index contributed by atoms with van der Waals surface area (Å²) in [5.74, 6) is -1.10. The van der Waals surface area contributed by atoms with Crippen LogP contribution in [0.5, 0.6) is 0 Å². The van der Waals surface area contributed by atoms with Crippen molar-refractivity contribution in [2.75, 3.05) is 7.11 Å². The third-order valence-corrected chi connectivity index (χ3v) is 3.44. The van der Waals surface area contributed by atoms with Gasteiger partial charge in [0.1, 0.15) is 5.54 Å². The van der Waals surface area contributed by atoms with E-state index in [0.717, 1.165) is 0 Å². The molecule has 7 heteroatoms. The third kappa shape index (κ3) is 3.81. The highest BCUT2D eigenvalue weighted by Gasteiger charge is 2.35. The van der Waals surface area contributed by atoms with Crippen molar-refractivity contribution in [2.24, 2.45) is 0 Å². The molecular formula is C15H20N2O5. The molecule has 1 N–H and O–H groups in total. The van der Waals surface area contributed by atoms with Gasteiger partial charge in [0, 0.05) is 17.2 Å². The molecule has 7 nitrogen and oxygen atoms in total.